The van der Waals surface area contributed by atoms with Crippen LogP contribution in [0.15, 0.2) is 4.99 Å². The van der Waals surface area contributed by atoms with Gasteiger partial charge in [0.05, 0.1) is 6.04 Å². The van der Waals surface area contributed by atoms with Gasteiger partial charge in [0.2, 0.25) is 5.91 Å². The number of amides is 1. The second-order valence-corrected chi connectivity index (χ2v) is 6.50. The molecule has 0 aliphatic rings. The third-order valence-corrected chi connectivity index (χ3v) is 4.46. The molecular formula is C14H31N5OS2. The van der Waals surface area contributed by atoms with Crippen molar-refractivity contribution >= 4 is 36.3 Å². The molecule has 0 aliphatic heterocycles. The second kappa shape index (κ2) is 15.3. The van der Waals surface area contributed by atoms with Gasteiger partial charge in [-0.3, -0.25) is 9.79 Å². The molecule has 0 fully saturated rings. The van der Waals surface area contributed by atoms with E-state index in [4.69, 9.17) is 5.73 Å². The lowest BCUT2D eigenvalue weighted by atomic mass is 10.1. The summed E-state index contributed by atoms with van der Waals surface area (Å²) in [5.74, 6) is 3.83. The van der Waals surface area contributed by atoms with Gasteiger partial charge >= 0.3 is 0 Å². The first-order chi connectivity index (χ1) is 10.7. The van der Waals surface area contributed by atoms with Crippen molar-refractivity contribution in [1.29, 1.82) is 0 Å². The Hall–Kier alpha value is -0.600. The number of nitrogens with zero attached hydrogens (tertiary/aromatic N) is 1. The monoisotopic (exact) mass is 349 g/mol. The van der Waals surface area contributed by atoms with Crippen LogP contribution >= 0.6 is 24.4 Å². The van der Waals surface area contributed by atoms with Gasteiger partial charge in [-0.25, -0.2) is 0 Å². The highest BCUT2D eigenvalue weighted by Crippen LogP contribution is 2.04. The zero-order valence-corrected chi connectivity index (χ0v) is 15.4. The molecule has 22 heavy (non-hydrogen) atoms. The van der Waals surface area contributed by atoms with Crippen LogP contribution in [0.25, 0.3) is 0 Å². The number of aliphatic imine (C=N–C) groups is 1. The molecule has 6 nitrogen and oxygen atoms in total. The molecule has 0 saturated carbocycles. The van der Waals surface area contributed by atoms with E-state index in [1.165, 1.54) is 0 Å². The zero-order chi connectivity index (χ0) is 16.6. The van der Waals surface area contributed by atoms with Crippen LogP contribution < -0.4 is 21.7 Å². The van der Waals surface area contributed by atoms with Crippen LogP contribution in [0, 0.1) is 0 Å². The summed E-state index contributed by atoms with van der Waals surface area (Å²) in [4.78, 5) is 15.8. The summed E-state index contributed by atoms with van der Waals surface area (Å²) in [6, 6.07) is -0.435. The summed E-state index contributed by atoms with van der Waals surface area (Å²) < 4.78 is 0. The van der Waals surface area contributed by atoms with Crippen molar-refractivity contribution < 1.29 is 4.79 Å². The van der Waals surface area contributed by atoms with Crippen molar-refractivity contribution in [3.8, 4) is 0 Å². The van der Waals surface area contributed by atoms with Crippen LogP contribution in [0.1, 0.15) is 25.7 Å². The van der Waals surface area contributed by atoms with Gasteiger partial charge < -0.3 is 21.7 Å². The molecule has 0 aromatic heterocycles. The summed E-state index contributed by atoms with van der Waals surface area (Å²) in [6.07, 6.45) is 3.61. The molecule has 130 valence electrons. The molecule has 0 heterocycles. The smallest absolute Gasteiger partial charge is 0.236 e. The lowest BCUT2D eigenvalue weighted by Gasteiger charge is -2.13. The fraction of sp³-hybridized carbons (Fsp3) is 0.857. The Labute approximate surface area is 144 Å². The molecule has 0 bridgehead atoms. The molecule has 0 aromatic rings. The molecule has 0 spiro atoms. The van der Waals surface area contributed by atoms with Crippen molar-refractivity contribution in [2.24, 2.45) is 10.7 Å². The first kappa shape index (κ1) is 21.4. The van der Waals surface area contributed by atoms with Gasteiger partial charge in [-0.2, -0.15) is 24.4 Å². The van der Waals surface area contributed by atoms with E-state index >= 15 is 0 Å². The fourth-order valence-electron chi connectivity index (χ4n) is 1.72. The van der Waals surface area contributed by atoms with Crippen molar-refractivity contribution in [1.82, 2.24) is 16.0 Å². The van der Waals surface area contributed by atoms with E-state index in [-0.39, 0.29) is 5.91 Å². The number of carbonyl (C=O) groups excluding carboxylic acids is 1. The predicted molar refractivity (Wildman–Crippen MR) is 101 cm³/mol. The van der Waals surface area contributed by atoms with Crippen LogP contribution in [0.4, 0.5) is 0 Å². The summed E-state index contributed by atoms with van der Waals surface area (Å²) >= 11 is 6.08. The van der Waals surface area contributed by atoms with Crippen LogP contribution in [-0.4, -0.2) is 62.4 Å². The Bertz CT molecular complexity index is 316. The van der Waals surface area contributed by atoms with Gasteiger partial charge in [-0.05, 0) is 42.9 Å². The third kappa shape index (κ3) is 12.0. The number of hydrogen-bond acceptors (Lipinski definition) is 5. The molecular weight excluding hydrogens is 318 g/mol. The predicted octanol–water partition coefficient (Wildman–Crippen LogP) is 0.448. The highest BCUT2D eigenvalue weighted by molar-refractivity contribution is 7.99. The number of rotatable bonds is 12. The van der Waals surface area contributed by atoms with Crippen molar-refractivity contribution in [3.63, 3.8) is 0 Å². The molecule has 1 atom stereocenters. The van der Waals surface area contributed by atoms with Crippen LogP contribution in [0.2, 0.25) is 0 Å². The number of hydrogen-bond donors (Lipinski definition) is 5. The zero-order valence-electron chi connectivity index (χ0n) is 13.7. The standard InChI is InChI=1S/C14H31N5OS2/c1-16-14(17-2)19-7-3-6-12(15)13(20)18-8-4-10-22-11-5-9-21/h12,21H,3-11,15H2,1-2H3,(H,18,20)(H2,16,17,19). The van der Waals surface area contributed by atoms with Gasteiger partial charge in [0, 0.05) is 27.2 Å². The Morgan fingerprint density at radius 1 is 1.23 bits per heavy atom. The van der Waals surface area contributed by atoms with Crippen LogP contribution in [0.3, 0.4) is 0 Å². The third-order valence-electron chi connectivity index (χ3n) is 2.99. The molecule has 1 unspecified atom stereocenters. The van der Waals surface area contributed by atoms with E-state index in [2.05, 4.69) is 33.6 Å². The summed E-state index contributed by atoms with van der Waals surface area (Å²) in [6.45, 7) is 1.45. The number of guanidine groups is 1. The molecule has 0 aliphatic carbocycles. The maximum Gasteiger partial charge on any atom is 0.236 e. The van der Waals surface area contributed by atoms with E-state index in [0.717, 1.165) is 49.0 Å². The molecule has 0 radical (unpaired) electrons. The van der Waals surface area contributed by atoms with Crippen molar-refractivity contribution in [2.75, 3.05) is 44.4 Å². The maximum absolute atomic E-state index is 11.8. The average molecular weight is 350 g/mol. The van der Waals surface area contributed by atoms with Crippen molar-refractivity contribution in [2.45, 2.75) is 31.7 Å². The Morgan fingerprint density at radius 2 is 1.91 bits per heavy atom. The molecule has 5 N–H and O–H groups in total. The number of thiol groups is 1. The molecule has 1 amide bonds. The van der Waals surface area contributed by atoms with E-state index in [0.29, 0.717) is 13.0 Å². The van der Waals surface area contributed by atoms with Gasteiger partial charge in [0.25, 0.3) is 0 Å². The van der Waals surface area contributed by atoms with E-state index in [1.54, 1.807) is 7.05 Å². The maximum atomic E-state index is 11.8. The minimum atomic E-state index is -0.435. The van der Waals surface area contributed by atoms with Gasteiger partial charge in [0.15, 0.2) is 5.96 Å². The van der Waals surface area contributed by atoms with Gasteiger partial charge in [-0.15, -0.1) is 0 Å². The number of nitrogens with one attached hydrogen (secondary N) is 3. The SMILES string of the molecule is CN=C(NC)NCCCC(N)C(=O)NCCCSCCCS. The van der Waals surface area contributed by atoms with E-state index < -0.39 is 6.04 Å². The van der Waals surface area contributed by atoms with Crippen molar-refractivity contribution in [3.05, 3.63) is 0 Å². The minimum Gasteiger partial charge on any atom is -0.359 e. The number of nitrogens with two attached hydrogens (primary N) is 1. The van der Waals surface area contributed by atoms with Gasteiger partial charge in [0.1, 0.15) is 0 Å². The topological polar surface area (TPSA) is 91.5 Å². The number of thioether (sulfide) groups is 1. The highest BCUT2D eigenvalue weighted by Gasteiger charge is 2.12. The van der Waals surface area contributed by atoms with E-state index in [9.17, 15) is 4.79 Å². The Kier molecular flexibility index (Phi) is 14.9. The van der Waals surface area contributed by atoms with Crippen LogP contribution in [-0.2, 0) is 4.79 Å². The first-order valence-corrected chi connectivity index (χ1v) is 9.54. The normalized spacial score (nSPS) is 12.8. The lowest BCUT2D eigenvalue weighted by Crippen LogP contribution is -2.42. The first-order valence-electron chi connectivity index (χ1n) is 7.76. The molecule has 8 heteroatoms. The minimum absolute atomic E-state index is 0.0571. The largest absolute Gasteiger partial charge is 0.359 e. The molecule has 0 rings (SSSR count). The average Bonchev–Trinajstić information content (AvgIpc) is 2.53. The molecule has 0 aromatic carbocycles. The Morgan fingerprint density at radius 3 is 2.55 bits per heavy atom. The van der Waals surface area contributed by atoms with Gasteiger partial charge in [-0.1, -0.05) is 0 Å². The van der Waals surface area contributed by atoms with E-state index in [1.807, 2.05) is 18.8 Å². The second-order valence-electron chi connectivity index (χ2n) is 4.83. The molecule has 0 saturated heterocycles. The van der Waals surface area contributed by atoms with Crippen LogP contribution in [0.5, 0.6) is 0 Å². The fourth-order valence-corrected chi connectivity index (χ4v) is 3.00. The number of carbonyl (C=O) groups is 1. The summed E-state index contributed by atoms with van der Waals surface area (Å²) in [5, 5.41) is 8.97. The Balaban J connectivity index is 3.54. The summed E-state index contributed by atoms with van der Waals surface area (Å²) in [5.41, 5.74) is 5.88. The highest BCUT2D eigenvalue weighted by atomic mass is 32.2. The quantitative estimate of drug-likeness (QED) is 0.153. The summed E-state index contributed by atoms with van der Waals surface area (Å²) in [7, 11) is 3.53. The lowest BCUT2D eigenvalue weighted by molar-refractivity contribution is -0.122.